The molecule has 0 unspecified atom stereocenters. The molecular formula is C8H13N3O2. The standard InChI is InChI=1S/C8H13N3O2/c1-4-11-6(9-2)5-7(12)10(3)8(11)13/h4-5H2,1-3H3. The number of carbonyl (C=O) groups is 2. The van der Waals surface area contributed by atoms with E-state index in [-0.39, 0.29) is 18.4 Å². The Morgan fingerprint density at radius 3 is 2.54 bits per heavy atom. The SMILES string of the molecule is CCN1C(=O)N(C)C(=O)CC1=NC. The van der Waals surface area contributed by atoms with Gasteiger partial charge in [-0.1, -0.05) is 0 Å². The number of aliphatic imine (C=N–C) groups is 1. The monoisotopic (exact) mass is 183 g/mol. The van der Waals surface area contributed by atoms with E-state index in [2.05, 4.69) is 4.99 Å². The number of urea groups is 1. The minimum atomic E-state index is -0.292. The second-order valence-electron chi connectivity index (χ2n) is 2.80. The van der Waals surface area contributed by atoms with Crippen LogP contribution < -0.4 is 0 Å². The maximum Gasteiger partial charge on any atom is 0.331 e. The molecule has 0 aromatic carbocycles. The van der Waals surface area contributed by atoms with E-state index in [9.17, 15) is 9.59 Å². The Bertz CT molecular complexity index is 273. The number of hydrogen-bond donors (Lipinski definition) is 0. The first-order valence-electron chi connectivity index (χ1n) is 4.15. The van der Waals surface area contributed by atoms with Gasteiger partial charge < -0.3 is 0 Å². The molecule has 0 saturated carbocycles. The van der Waals surface area contributed by atoms with Gasteiger partial charge >= 0.3 is 6.03 Å². The van der Waals surface area contributed by atoms with E-state index in [1.54, 1.807) is 7.05 Å². The molecule has 1 rings (SSSR count). The molecule has 5 heteroatoms. The summed E-state index contributed by atoms with van der Waals surface area (Å²) in [6.07, 6.45) is 0.215. The lowest BCUT2D eigenvalue weighted by atomic mass is 10.2. The number of carbonyl (C=O) groups excluding carboxylic acids is 2. The molecule has 0 aliphatic carbocycles. The Hall–Kier alpha value is -1.39. The van der Waals surface area contributed by atoms with E-state index in [0.29, 0.717) is 12.4 Å². The predicted molar refractivity (Wildman–Crippen MR) is 48.5 cm³/mol. The predicted octanol–water partition coefficient (Wildman–Crippen LogP) is 0.319. The zero-order valence-corrected chi connectivity index (χ0v) is 8.07. The molecule has 0 aromatic heterocycles. The lowest BCUT2D eigenvalue weighted by molar-refractivity contribution is -0.127. The summed E-state index contributed by atoms with van der Waals surface area (Å²) in [5, 5.41) is 0. The summed E-state index contributed by atoms with van der Waals surface area (Å²) in [6.45, 7) is 2.40. The number of rotatable bonds is 1. The summed E-state index contributed by atoms with van der Waals surface area (Å²) >= 11 is 0. The molecule has 0 radical (unpaired) electrons. The molecule has 0 spiro atoms. The molecule has 0 atom stereocenters. The van der Waals surface area contributed by atoms with Crippen molar-refractivity contribution in [2.75, 3.05) is 20.6 Å². The van der Waals surface area contributed by atoms with Crippen LogP contribution in [0.3, 0.4) is 0 Å². The lowest BCUT2D eigenvalue weighted by Gasteiger charge is -2.31. The number of hydrogen-bond acceptors (Lipinski definition) is 3. The summed E-state index contributed by atoms with van der Waals surface area (Å²) < 4.78 is 0. The summed E-state index contributed by atoms with van der Waals surface area (Å²) in [5.74, 6) is 0.353. The number of imide groups is 1. The molecule has 13 heavy (non-hydrogen) atoms. The van der Waals surface area contributed by atoms with Crippen LogP contribution in [0.4, 0.5) is 4.79 Å². The van der Waals surface area contributed by atoms with Gasteiger partial charge in [-0.15, -0.1) is 0 Å². The molecule has 1 aliphatic heterocycles. The van der Waals surface area contributed by atoms with Crippen LogP contribution in [0.5, 0.6) is 0 Å². The molecule has 1 saturated heterocycles. The zero-order chi connectivity index (χ0) is 10.0. The highest BCUT2D eigenvalue weighted by molar-refractivity contribution is 6.15. The van der Waals surface area contributed by atoms with E-state index in [0.717, 1.165) is 4.90 Å². The number of amides is 3. The second kappa shape index (κ2) is 3.55. The third-order valence-electron chi connectivity index (χ3n) is 2.09. The fourth-order valence-corrected chi connectivity index (χ4v) is 1.26. The summed E-state index contributed by atoms with van der Waals surface area (Å²) in [5.41, 5.74) is 0. The lowest BCUT2D eigenvalue weighted by Crippen LogP contribution is -2.53. The highest BCUT2D eigenvalue weighted by Crippen LogP contribution is 2.10. The zero-order valence-electron chi connectivity index (χ0n) is 8.07. The first kappa shape index (κ1) is 9.70. The Morgan fingerprint density at radius 2 is 2.08 bits per heavy atom. The minimum Gasteiger partial charge on any atom is -0.282 e. The Balaban J connectivity index is 2.94. The fourth-order valence-electron chi connectivity index (χ4n) is 1.26. The summed E-state index contributed by atoms with van der Waals surface area (Å²) in [7, 11) is 3.07. The molecule has 3 amide bonds. The van der Waals surface area contributed by atoms with Crippen LogP contribution in [0.15, 0.2) is 4.99 Å². The van der Waals surface area contributed by atoms with Crippen LogP contribution in [-0.4, -0.2) is 48.2 Å². The fraction of sp³-hybridized carbons (Fsp3) is 0.625. The van der Waals surface area contributed by atoms with Crippen molar-refractivity contribution in [2.24, 2.45) is 4.99 Å². The van der Waals surface area contributed by atoms with Crippen molar-refractivity contribution in [1.82, 2.24) is 9.80 Å². The Morgan fingerprint density at radius 1 is 1.46 bits per heavy atom. The van der Waals surface area contributed by atoms with Crippen molar-refractivity contribution in [1.29, 1.82) is 0 Å². The first-order valence-corrected chi connectivity index (χ1v) is 4.15. The molecule has 1 heterocycles. The van der Waals surface area contributed by atoms with E-state index in [1.807, 2.05) is 6.92 Å². The van der Waals surface area contributed by atoms with E-state index < -0.39 is 0 Å². The first-order chi connectivity index (χ1) is 6.11. The van der Waals surface area contributed by atoms with Gasteiger partial charge in [0.05, 0.1) is 6.42 Å². The third-order valence-corrected chi connectivity index (χ3v) is 2.09. The Labute approximate surface area is 77.0 Å². The highest BCUT2D eigenvalue weighted by Gasteiger charge is 2.32. The van der Waals surface area contributed by atoms with Crippen LogP contribution in [0.1, 0.15) is 13.3 Å². The molecule has 1 fully saturated rings. The molecule has 1 aliphatic rings. The molecule has 0 aromatic rings. The van der Waals surface area contributed by atoms with Gasteiger partial charge in [0.2, 0.25) is 5.91 Å². The summed E-state index contributed by atoms with van der Waals surface area (Å²) in [4.78, 5) is 29.3. The van der Waals surface area contributed by atoms with Crippen molar-refractivity contribution in [2.45, 2.75) is 13.3 Å². The smallest absolute Gasteiger partial charge is 0.282 e. The largest absolute Gasteiger partial charge is 0.331 e. The van der Waals surface area contributed by atoms with Crippen LogP contribution in [0.2, 0.25) is 0 Å². The van der Waals surface area contributed by atoms with Crippen LogP contribution in [0, 0.1) is 0 Å². The highest BCUT2D eigenvalue weighted by atomic mass is 16.2. The third kappa shape index (κ3) is 1.54. The van der Waals surface area contributed by atoms with Gasteiger partial charge in [0.25, 0.3) is 0 Å². The topological polar surface area (TPSA) is 53.0 Å². The average Bonchev–Trinajstić information content (AvgIpc) is 2.13. The van der Waals surface area contributed by atoms with E-state index in [4.69, 9.17) is 0 Å². The molecule has 72 valence electrons. The Kier molecular flexibility index (Phi) is 2.65. The van der Waals surface area contributed by atoms with Crippen molar-refractivity contribution >= 4 is 17.8 Å². The van der Waals surface area contributed by atoms with E-state index >= 15 is 0 Å². The van der Waals surface area contributed by atoms with Gasteiger partial charge in [-0.05, 0) is 6.92 Å². The van der Waals surface area contributed by atoms with Crippen molar-refractivity contribution in [3.05, 3.63) is 0 Å². The van der Waals surface area contributed by atoms with Crippen LogP contribution in [-0.2, 0) is 4.79 Å². The minimum absolute atomic E-state index is 0.199. The second-order valence-corrected chi connectivity index (χ2v) is 2.80. The van der Waals surface area contributed by atoms with Gasteiger partial charge in [-0.2, -0.15) is 0 Å². The number of amidine groups is 1. The summed E-state index contributed by atoms with van der Waals surface area (Å²) in [6, 6.07) is -0.292. The van der Waals surface area contributed by atoms with Crippen molar-refractivity contribution < 1.29 is 9.59 Å². The van der Waals surface area contributed by atoms with Crippen molar-refractivity contribution in [3.63, 3.8) is 0 Å². The quantitative estimate of drug-likeness (QED) is 0.587. The maximum atomic E-state index is 11.5. The van der Waals surface area contributed by atoms with Crippen LogP contribution >= 0.6 is 0 Å². The van der Waals surface area contributed by atoms with Crippen molar-refractivity contribution in [3.8, 4) is 0 Å². The van der Waals surface area contributed by atoms with E-state index in [1.165, 1.54) is 11.9 Å². The van der Waals surface area contributed by atoms with Gasteiger partial charge in [-0.3, -0.25) is 19.6 Å². The normalized spacial score (nSPS) is 21.6. The molecular weight excluding hydrogens is 170 g/mol. The van der Waals surface area contributed by atoms with Gasteiger partial charge in [0.1, 0.15) is 5.84 Å². The molecule has 5 nitrogen and oxygen atoms in total. The van der Waals surface area contributed by atoms with Gasteiger partial charge in [-0.25, -0.2) is 4.79 Å². The van der Waals surface area contributed by atoms with Gasteiger partial charge in [0, 0.05) is 20.6 Å². The van der Waals surface area contributed by atoms with Crippen LogP contribution in [0.25, 0.3) is 0 Å². The maximum absolute atomic E-state index is 11.5. The molecule has 0 N–H and O–H groups in total. The average molecular weight is 183 g/mol. The molecule has 0 bridgehead atoms. The number of nitrogens with zero attached hydrogens (tertiary/aromatic N) is 3. The van der Waals surface area contributed by atoms with Gasteiger partial charge in [0.15, 0.2) is 0 Å².